The minimum absolute atomic E-state index is 0.372. The Kier molecular flexibility index (Phi) is 8.46. The van der Waals surface area contributed by atoms with Crippen LogP contribution in [-0.2, 0) is 14.3 Å². The van der Waals surface area contributed by atoms with E-state index in [-0.39, 0.29) is 5.91 Å². The largest absolute Gasteiger partial charge is 0.497 e. The Morgan fingerprint density at radius 2 is 1.94 bits per heavy atom. The maximum absolute atomic E-state index is 12.5. The monoisotopic (exact) mass is 473 g/mol. The summed E-state index contributed by atoms with van der Waals surface area (Å²) in [5.74, 6) is -0.199. The molecule has 0 saturated carbocycles. The number of carbonyl (C=O) groups excluding carboxylic acids is 3. The van der Waals surface area contributed by atoms with Crippen molar-refractivity contribution in [3.05, 3.63) is 54.1 Å². The van der Waals surface area contributed by atoms with Gasteiger partial charge >= 0.3 is 5.97 Å². The van der Waals surface area contributed by atoms with E-state index in [0.717, 1.165) is 10.2 Å². The Bertz CT molecular complexity index is 1090. The highest BCUT2D eigenvalue weighted by Gasteiger charge is 2.23. The Morgan fingerprint density at radius 3 is 2.66 bits per heavy atom. The van der Waals surface area contributed by atoms with Gasteiger partial charge < -0.3 is 14.8 Å². The van der Waals surface area contributed by atoms with Gasteiger partial charge in [-0.15, -0.1) is 0 Å². The van der Waals surface area contributed by atoms with Gasteiger partial charge in [0.2, 0.25) is 0 Å². The van der Waals surface area contributed by atoms with Crippen LogP contribution in [0.3, 0.4) is 0 Å². The first-order valence-electron chi connectivity index (χ1n) is 9.76. The normalized spacial score (nSPS) is 11.6. The third-order valence-electron chi connectivity index (χ3n) is 4.42. The van der Waals surface area contributed by atoms with Crippen molar-refractivity contribution in [2.24, 2.45) is 0 Å². The zero-order valence-corrected chi connectivity index (χ0v) is 19.3. The fraction of sp³-hybridized carbons (Fsp3) is 0.273. The summed E-state index contributed by atoms with van der Waals surface area (Å²) in [6, 6.07) is 13.2. The Morgan fingerprint density at radius 1 is 1.16 bits per heavy atom. The molecule has 0 bridgehead atoms. The zero-order valence-electron chi connectivity index (χ0n) is 17.6. The third kappa shape index (κ3) is 6.44. The molecule has 3 aromatic rings. The Balaban J connectivity index is 1.56. The van der Waals surface area contributed by atoms with Crippen LogP contribution in [-0.4, -0.2) is 54.5 Å². The van der Waals surface area contributed by atoms with Crippen molar-refractivity contribution in [1.82, 2.24) is 10.3 Å². The first-order valence-corrected chi connectivity index (χ1v) is 12.0. The molecule has 0 radical (unpaired) electrons. The summed E-state index contributed by atoms with van der Waals surface area (Å²) in [6.45, 7) is -0.477. The van der Waals surface area contributed by atoms with E-state index >= 15 is 0 Å². The number of nitrogens with one attached hydrogen (secondary N) is 2. The lowest BCUT2D eigenvalue weighted by Gasteiger charge is -2.17. The maximum atomic E-state index is 12.5. The number of ether oxygens (including phenoxy) is 2. The van der Waals surface area contributed by atoms with Gasteiger partial charge in [0.1, 0.15) is 11.8 Å². The van der Waals surface area contributed by atoms with Crippen molar-refractivity contribution in [2.45, 2.75) is 12.5 Å². The number of methoxy groups -OCH3 is 1. The molecule has 0 aliphatic heterocycles. The number of hydrogen-bond donors (Lipinski definition) is 2. The van der Waals surface area contributed by atoms with Crippen molar-refractivity contribution < 1.29 is 23.9 Å². The minimum atomic E-state index is -0.849. The van der Waals surface area contributed by atoms with Crippen LogP contribution in [0.2, 0.25) is 0 Å². The standard InChI is InChI=1S/C22H23N3O5S2/c1-29-15-8-9-16-18(12-15)32-22(24-16)25-19(26)13-30-21(28)17(10-11-31-2)23-20(27)14-6-4-3-5-7-14/h3-9,12,17H,10-11,13H2,1-2H3,(H,23,27)(H,24,25,26)/t17-/m1/s1. The quantitative estimate of drug-likeness (QED) is 0.435. The molecular formula is C22H23N3O5S2. The number of benzene rings is 2. The number of esters is 1. The van der Waals surface area contributed by atoms with E-state index in [2.05, 4.69) is 15.6 Å². The van der Waals surface area contributed by atoms with Crippen molar-refractivity contribution in [2.75, 3.05) is 31.0 Å². The lowest BCUT2D eigenvalue weighted by Crippen LogP contribution is -2.43. The smallest absolute Gasteiger partial charge is 0.329 e. The molecule has 0 fully saturated rings. The lowest BCUT2D eigenvalue weighted by atomic mass is 10.1. The molecule has 3 rings (SSSR count). The third-order valence-corrected chi connectivity index (χ3v) is 6.00. The lowest BCUT2D eigenvalue weighted by molar-refractivity contribution is -0.149. The summed E-state index contributed by atoms with van der Waals surface area (Å²) >= 11 is 2.84. The van der Waals surface area contributed by atoms with E-state index in [1.165, 1.54) is 11.3 Å². The van der Waals surface area contributed by atoms with Crippen molar-refractivity contribution in [3.8, 4) is 5.75 Å². The molecule has 0 spiro atoms. The number of nitrogens with zero attached hydrogens (tertiary/aromatic N) is 1. The second kappa shape index (κ2) is 11.5. The van der Waals surface area contributed by atoms with E-state index in [4.69, 9.17) is 9.47 Å². The molecular weight excluding hydrogens is 450 g/mol. The number of rotatable bonds is 10. The zero-order chi connectivity index (χ0) is 22.9. The van der Waals surface area contributed by atoms with Gasteiger partial charge in [-0.3, -0.25) is 14.9 Å². The summed E-state index contributed by atoms with van der Waals surface area (Å²) in [5.41, 5.74) is 1.17. The van der Waals surface area contributed by atoms with Gasteiger partial charge in [-0.05, 0) is 48.8 Å². The molecule has 2 N–H and O–H groups in total. The van der Waals surface area contributed by atoms with Crippen LogP contribution < -0.4 is 15.4 Å². The van der Waals surface area contributed by atoms with E-state index in [1.807, 2.05) is 12.3 Å². The summed E-state index contributed by atoms with van der Waals surface area (Å²) < 4.78 is 11.2. The van der Waals surface area contributed by atoms with Crippen LogP contribution in [0.5, 0.6) is 5.75 Å². The summed E-state index contributed by atoms with van der Waals surface area (Å²) in [5, 5.41) is 5.72. The molecule has 0 saturated heterocycles. The minimum Gasteiger partial charge on any atom is -0.497 e. The first-order chi connectivity index (χ1) is 15.5. The summed E-state index contributed by atoms with van der Waals surface area (Å²) in [6.07, 6.45) is 2.29. The van der Waals surface area contributed by atoms with Crippen LogP contribution in [0.4, 0.5) is 5.13 Å². The molecule has 1 heterocycles. The topological polar surface area (TPSA) is 107 Å². The average Bonchev–Trinajstić information content (AvgIpc) is 3.21. The Hall–Kier alpha value is -3.11. The van der Waals surface area contributed by atoms with E-state index in [0.29, 0.717) is 28.6 Å². The van der Waals surface area contributed by atoms with Crippen LogP contribution >= 0.6 is 23.1 Å². The molecule has 1 aromatic heterocycles. The molecule has 8 nitrogen and oxygen atoms in total. The number of thioether (sulfide) groups is 1. The molecule has 0 aliphatic carbocycles. The number of carbonyl (C=O) groups is 3. The number of aromatic nitrogens is 1. The summed E-state index contributed by atoms with van der Waals surface area (Å²) in [4.78, 5) is 41.5. The molecule has 2 amide bonds. The van der Waals surface area contributed by atoms with Gasteiger partial charge in [0.05, 0.1) is 17.3 Å². The molecule has 10 heteroatoms. The average molecular weight is 474 g/mol. The maximum Gasteiger partial charge on any atom is 0.329 e. The number of anilines is 1. The Labute approximate surface area is 193 Å². The van der Waals surface area contributed by atoms with Crippen molar-refractivity contribution in [1.29, 1.82) is 0 Å². The second-order valence-electron chi connectivity index (χ2n) is 6.68. The van der Waals surface area contributed by atoms with Gasteiger partial charge in [0.15, 0.2) is 11.7 Å². The van der Waals surface area contributed by atoms with Crippen LogP contribution in [0.15, 0.2) is 48.5 Å². The number of fused-ring (bicyclic) bond motifs is 1. The fourth-order valence-corrected chi connectivity index (χ4v) is 4.18. The predicted molar refractivity (Wildman–Crippen MR) is 126 cm³/mol. The van der Waals surface area contributed by atoms with E-state index in [9.17, 15) is 14.4 Å². The van der Waals surface area contributed by atoms with Crippen LogP contribution in [0.1, 0.15) is 16.8 Å². The van der Waals surface area contributed by atoms with Gasteiger partial charge in [-0.1, -0.05) is 29.5 Å². The highest BCUT2D eigenvalue weighted by atomic mass is 32.2. The van der Waals surface area contributed by atoms with Crippen LogP contribution in [0, 0.1) is 0 Å². The molecule has 32 heavy (non-hydrogen) atoms. The van der Waals surface area contributed by atoms with E-state index in [1.54, 1.807) is 61.3 Å². The highest BCUT2D eigenvalue weighted by molar-refractivity contribution is 7.98. The second-order valence-corrected chi connectivity index (χ2v) is 8.70. The molecule has 0 unspecified atom stereocenters. The highest BCUT2D eigenvalue weighted by Crippen LogP contribution is 2.29. The van der Waals surface area contributed by atoms with Crippen molar-refractivity contribution in [3.63, 3.8) is 0 Å². The molecule has 0 aliphatic rings. The molecule has 168 valence electrons. The molecule has 2 aromatic carbocycles. The van der Waals surface area contributed by atoms with E-state index < -0.39 is 24.5 Å². The number of amides is 2. The first kappa shape index (κ1) is 23.6. The fourth-order valence-electron chi connectivity index (χ4n) is 2.79. The SMILES string of the molecule is COc1ccc2nc(NC(=O)COC(=O)[C@@H](CCSC)NC(=O)c3ccccc3)sc2c1. The summed E-state index contributed by atoms with van der Waals surface area (Å²) in [7, 11) is 1.58. The van der Waals surface area contributed by atoms with Gasteiger partial charge in [0, 0.05) is 5.56 Å². The number of thiazole rings is 1. The predicted octanol–water partition coefficient (Wildman–Crippen LogP) is 3.34. The van der Waals surface area contributed by atoms with Crippen molar-refractivity contribution >= 4 is 56.2 Å². The van der Waals surface area contributed by atoms with Gasteiger partial charge in [-0.25, -0.2) is 9.78 Å². The van der Waals surface area contributed by atoms with Gasteiger partial charge in [-0.2, -0.15) is 11.8 Å². The number of hydrogen-bond acceptors (Lipinski definition) is 8. The van der Waals surface area contributed by atoms with Crippen LogP contribution in [0.25, 0.3) is 10.2 Å². The molecule has 1 atom stereocenters. The van der Waals surface area contributed by atoms with Gasteiger partial charge in [0.25, 0.3) is 11.8 Å².